The van der Waals surface area contributed by atoms with Crippen LogP contribution in [-0.4, -0.2) is 38.8 Å². The maximum Gasteiger partial charge on any atom is 0.191 e. The van der Waals surface area contributed by atoms with E-state index in [-0.39, 0.29) is 6.10 Å². The molecule has 2 N–H and O–H groups in total. The zero-order valence-electron chi connectivity index (χ0n) is 14.1. The molecular weight excluding hydrogens is 290 g/mol. The summed E-state index contributed by atoms with van der Waals surface area (Å²) in [6, 6.07) is 7.79. The van der Waals surface area contributed by atoms with Crippen molar-refractivity contribution >= 4 is 5.96 Å². The number of para-hydroxylation sites is 2. The van der Waals surface area contributed by atoms with Crippen LogP contribution in [0.5, 0.6) is 11.5 Å². The Balaban J connectivity index is 1.45. The predicted molar refractivity (Wildman–Crippen MR) is 92.3 cm³/mol. The van der Waals surface area contributed by atoms with E-state index >= 15 is 0 Å². The van der Waals surface area contributed by atoms with E-state index in [9.17, 15) is 0 Å². The Hall–Kier alpha value is -1.91. The van der Waals surface area contributed by atoms with Gasteiger partial charge in [-0.2, -0.15) is 0 Å². The van der Waals surface area contributed by atoms with Crippen LogP contribution in [0, 0.1) is 5.41 Å². The molecule has 1 aromatic carbocycles. The first-order valence-corrected chi connectivity index (χ1v) is 8.52. The van der Waals surface area contributed by atoms with E-state index in [1.807, 2.05) is 24.3 Å². The van der Waals surface area contributed by atoms with Crippen molar-refractivity contribution in [1.29, 1.82) is 0 Å². The molecule has 5 nitrogen and oxygen atoms in total. The average Bonchev–Trinajstić information content (AvgIpc) is 3.02. The highest BCUT2D eigenvalue weighted by Crippen LogP contribution is 2.36. The largest absolute Gasteiger partial charge is 0.486 e. The lowest BCUT2D eigenvalue weighted by Crippen LogP contribution is -2.47. The third-order valence-electron chi connectivity index (χ3n) is 4.78. The number of benzene rings is 1. The SMILES string of the molecule is CN=C(NCC1COc2ccccc2O1)NCC1(C)CCCC1. The Kier molecular flexibility index (Phi) is 4.94. The zero-order valence-corrected chi connectivity index (χ0v) is 14.1. The topological polar surface area (TPSA) is 54.9 Å². The Bertz CT molecular complexity index is 553. The van der Waals surface area contributed by atoms with Gasteiger partial charge in [-0.25, -0.2) is 0 Å². The molecule has 2 aliphatic rings. The highest BCUT2D eigenvalue weighted by atomic mass is 16.6. The average molecular weight is 317 g/mol. The van der Waals surface area contributed by atoms with Crippen molar-refractivity contribution in [2.45, 2.75) is 38.7 Å². The smallest absolute Gasteiger partial charge is 0.191 e. The number of rotatable bonds is 4. The molecule has 1 aliphatic carbocycles. The fourth-order valence-electron chi connectivity index (χ4n) is 3.30. The summed E-state index contributed by atoms with van der Waals surface area (Å²) in [7, 11) is 1.81. The van der Waals surface area contributed by atoms with Crippen molar-refractivity contribution in [2.75, 3.05) is 26.7 Å². The molecule has 5 heteroatoms. The van der Waals surface area contributed by atoms with Crippen LogP contribution >= 0.6 is 0 Å². The monoisotopic (exact) mass is 317 g/mol. The summed E-state index contributed by atoms with van der Waals surface area (Å²) in [6.45, 7) is 4.55. The van der Waals surface area contributed by atoms with E-state index in [0.717, 1.165) is 24.0 Å². The minimum Gasteiger partial charge on any atom is -0.486 e. The lowest BCUT2D eigenvalue weighted by atomic mass is 9.89. The van der Waals surface area contributed by atoms with Crippen LogP contribution in [0.1, 0.15) is 32.6 Å². The predicted octanol–water partition coefficient (Wildman–Crippen LogP) is 2.57. The van der Waals surface area contributed by atoms with E-state index in [1.54, 1.807) is 7.05 Å². The van der Waals surface area contributed by atoms with E-state index in [2.05, 4.69) is 22.5 Å². The quantitative estimate of drug-likeness (QED) is 0.662. The van der Waals surface area contributed by atoms with Crippen LogP contribution in [0.4, 0.5) is 0 Å². The van der Waals surface area contributed by atoms with Crippen molar-refractivity contribution in [1.82, 2.24) is 10.6 Å². The van der Waals surface area contributed by atoms with Crippen molar-refractivity contribution in [2.24, 2.45) is 10.4 Å². The van der Waals surface area contributed by atoms with Gasteiger partial charge < -0.3 is 20.1 Å². The van der Waals surface area contributed by atoms with Crippen molar-refractivity contribution in [3.8, 4) is 11.5 Å². The molecular formula is C18H27N3O2. The van der Waals surface area contributed by atoms with Gasteiger partial charge in [0, 0.05) is 13.6 Å². The number of aliphatic imine (C=N–C) groups is 1. The molecule has 3 rings (SSSR count). The van der Waals surface area contributed by atoms with Crippen molar-refractivity contribution < 1.29 is 9.47 Å². The van der Waals surface area contributed by atoms with Gasteiger partial charge in [0.1, 0.15) is 12.7 Å². The normalized spacial score (nSPS) is 22.7. The van der Waals surface area contributed by atoms with Crippen LogP contribution in [0.3, 0.4) is 0 Å². The molecule has 0 amide bonds. The Morgan fingerprint density at radius 2 is 1.96 bits per heavy atom. The molecule has 1 heterocycles. The summed E-state index contributed by atoms with van der Waals surface area (Å²) in [6.07, 6.45) is 5.28. The summed E-state index contributed by atoms with van der Waals surface area (Å²) in [5.74, 6) is 2.47. The van der Waals surface area contributed by atoms with Gasteiger partial charge >= 0.3 is 0 Å². The second kappa shape index (κ2) is 7.11. The van der Waals surface area contributed by atoms with Gasteiger partial charge in [0.25, 0.3) is 0 Å². The van der Waals surface area contributed by atoms with Gasteiger partial charge in [-0.3, -0.25) is 4.99 Å². The molecule has 23 heavy (non-hydrogen) atoms. The number of hydrogen-bond donors (Lipinski definition) is 2. The highest BCUT2D eigenvalue weighted by Gasteiger charge is 2.28. The van der Waals surface area contributed by atoms with Crippen LogP contribution in [0.25, 0.3) is 0 Å². The Morgan fingerprint density at radius 1 is 1.22 bits per heavy atom. The van der Waals surface area contributed by atoms with E-state index in [4.69, 9.17) is 9.47 Å². The standard InChI is InChI=1S/C18H27N3O2/c1-18(9-5-6-10-18)13-21-17(19-2)20-11-14-12-22-15-7-3-4-8-16(15)23-14/h3-4,7-8,14H,5-6,9-13H2,1-2H3,(H2,19,20,21). The molecule has 1 aliphatic heterocycles. The summed E-state index contributed by atoms with van der Waals surface area (Å²) in [5, 5.41) is 6.80. The van der Waals surface area contributed by atoms with Gasteiger partial charge in [0.15, 0.2) is 17.5 Å². The number of hydrogen-bond acceptors (Lipinski definition) is 3. The molecule has 0 radical (unpaired) electrons. The molecule has 0 saturated heterocycles. The third kappa shape index (κ3) is 4.09. The Morgan fingerprint density at radius 3 is 2.70 bits per heavy atom. The second-order valence-electron chi connectivity index (χ2n) is 6.82. The van der Waals surface area contributed by atoms with E-state index in [1.165, 1.54) is 25.7 Å². The summed E-state index contributed by atoms with van der Waals surface area (Å²) in [4.78, 5) is 4.31. The second-order valence-corrected chi connectivity index (χ2v) is 6.82. The summed E-state index contributed by atoms with van der Waals surface area (Å²) < 4.78 is 11.7. The zero-order chi connectivity index (χ0) is 16.1. The van der Waals surface area contributed by atoms with Gasteiger partial charge in [-0.1, -0.05) is 31.9 Å². The maximum absolute atomic E-state index is 5.95. The lowest BCUT2D eigenvalue weighted by molar-refractivity contribution is 0.0935. The molecule has 1 saturated carbocycles. The first-order chi connectivity index (χ1) is 11.2. The van der Waals surface area contributed by atoms with Crippen LogP contribution in [0.2, 0.25) is 0 Å². The number of ether oxygens (including phenoxy) is 2. The minimum absolute atomic E-state index is 0.00878. The fourth-order valence-corrected chi connectivity index (χ4v) is 3.30. The molecule has 0 spiro atoms. The van der Waals surface area contributed by atoms with Crippen molar-refractivity contribution in [3.05, 3.63) is 24.3 Å². The molecule has 0 aromatic heterocycles. The summed E-state index contributed by atoms with van der Waals surface area (Å²) >= 11 is 0. The van der Waals surface area contributed by atoms with Gasteiger partial charge in [-0.05, 0) is 30.4 Å². The first kappa shape index (κ1) is 16.0. The number of nitrogens with one attached hydrogen (secondary N) is 2. The fraction of sp³-hybridized carbons (Fsp3) is 0.611. The molecule has 126 valence electrons. The molecule has 1 fully saturated rings. The maximum atomic E-state index is 5.95. The number of fused-ring (bicyclic) bond motifs is 1. The number of nitrogens with zero attached hydrogens (tertiary/aromatic N) is 1. The molecule has 1 atom stereocenters. The lowest BCUT2D eigenvalue weighted by Gasteiger charge is -2.28. The Labute approximate surface area is 138 Å². The van der Waals surface area contributed by atoms with E-state index in [0.29, 0.717) is 18.6 Å². The third-order valence-corrected chi connectivity index (χ3v) is 4.78. The molecule has 1 aromatic rings. The molecule has 1 unspecified atom stereocenters. The molecule has 0 bridgehead atoms. The highest BCUT2D eigenvalue weighted by molar-refractivity contribution is 5.79. The first-order valence-electron chi connectivity index (χ1n) is 8.52. The van der Waals surface area contributed by atoms with Crippen molar-refractivity contribution in [3.63, 3.8) is 0 Å². The van der Waals surface area contributed by atoms with Gasteiger partial charge in [0.05, 0.1) is 6.54 Å². The van der Waals surface area contributed by atoms with Crippen LogP contribution in [0.15, 0.2) is 29.3 Å². The van der Waals surface area contributed by atoms with E-state index < -0.39 is 0 Å². The van der Waals surface area contributed by atoms with Gasteiger partial charge in [0.2, 0.25) is 0 Å². The number of guanidine groups is 1. The summed E-state index contributed by atoms with van der Waals surface area (Å²) in [5.41, 5.74) is 0.404. The van der Waals surface area contributed by atoms with Crippen LogP contribution in [-0.2, 0) is 0 Å². The minimum atomic E-state index is -0.00878. The van der Waals surface area contributed by atoms with Crippen LogP contribution < -0.4 is 20.1 Å². The van der Waals surface area contributed by atoms with Gasteiger partial charge in [-0.15, -0.1) is 0 Å².